The van der Waals surface area contributed by atoms with Gasteiger partial charge in [0.15, 0.2) is 11.0 Å². The van der Waals surface area contributed by atoms with Gasteiger partial charge in [-0.1, -0.05) is 26.0 Å². The van der Waals surface area contributed by atoms with E-state index in [-0.39, 0.29) is 24.2 Å². The van der Waals surface area contributed by atoms with Gasteiger partial charge in [0.1, 0.15) is 5.82 Å². The first-order chi connectivity index (χ1) is 12.9. The van der Waals surface area contributed by atoms with E-state index in [1.807, 2.05) is 39.0 Å². The van der Waals surface area contributed by atoms with Crippen molar-refractivity contribution in [3.8, 4) is 11.4 Å². The van der Waals surface area contributed by atoms with Crippen LogP contribution >= 0.6 is 11.3 Å². The monoisotopic (exact) mass is 384 g/mol. The number of rotatable bonds is 6. The molecular weight excluding hydrogens is 364 g/mol. The SMILES string of the molecule is Cc1nc(-c2cccc(NC(=O)Cc3csc(NC(=O)C(C)C)n3)c2)n[nH]1. The summed E-state index contributed by atoms with van der Waals surface area (Å²) < 4.78 is 0. The van der Waals surface area contributed by atoms with Gasteiger partial charge < -0.3 is 10.6 Å². The van der Waals surface area contributed by atoms with Crippen LogP contribution in [0.3, 0.4) is 0 Å². The van der Waals surface area contributed by atoms with Crippen molar-refractivity contribution in [2.45, 2.75) is 27.2 Å². The Morgan fingerprint density at radius 2 is 2.04 bits per heavy atom. The summed E-state index contributed by atoms with van der Waals surface area (Å²) in [6.45, 7) is 5.45. The van der Waals surface area contributed by atoms with Crippen LogP contribution in [0.1, 0.15) is 25.4 Å². The number of carbonyl (C=O) groups excluding carboxylic acids is 2. The van der Waals surface area contributed by atoms with Crippen molar-refractivity contribution in [2.24, 2.45) is 5.92 Å². The van der Waals surface area contributed by atoms with Gasteiger partial charge in [0.25, 0.3) is 0 Å². The lowest BCUT2D eigenvalue weighted by Crippen LogP contribution is -2.18. The molecule has 0 saturated heterocycles. The van der Waals surface area contributed by atoms with Crippen LogP contribution < -0.4 is 10.6 Å². The largest absolute Gasteiger partial charge is 0.326 e. The molecule has 0 saturated carbocycles. The molecule has 2 amide bonds. The molecule has 0 aliphatic rings. The van der Waals surface area contributed by atoms with Crippen LogP contribution in [0.15, 0.2) is 29.6 Å². The second-order valence-corrected chi connectivity index (χ2v) is 7.20. The summed E-state index contributed by atoms with van der Waals surface area (Å²) in [6.07, 6.45) is 0.123. The van der Waals surface area contributed by atoms with Gasteiger partial charge >= 0.3 is 0 Å². The molecule has 0 spiro atoms. The minimum atomic E-state index is -0.189. The summed E-state index contributed by atoms with van der Waals surface area (Å²) in [5.41, 5.74) is 2.07. The lowest BCUT2D eigenvalue weighted by atomic mass is 10.2. The number of benzene rings is 1. The molecule has 0 radical (unpaired) electrons. The molecule has 0 unspecified atom stereocenters. The van der Waals surface area contributed by atoms with Gasteiger partial charge in [-0.05, 0) is 19.1 Å². The fraction of sp³-hybridized carbons (Fsp3) is 0.278. The maximum absolute atomic E-state index is 12.3. The van der Waals surface area contributed by atoms with Crippen LogP contribution in [0.4, 0.5) is 10.8 Å². The summed E-state index contributed by atoms with van der Waals surface area (Å²) in [6, 6.07) is 7.33. The van der Waals surface area contributed by atoms with Crippen molar-refractivity contribution in [1.82, 2.24) is 20.2 Å². The van der Waals surface area contributed by atoms with E-state index in [9.17, 15) is 9.59 Å². The van der Waals surface area contributed by atoms with Gasteiger partial charge in [-0.3, -0.25) is 14.7 Å². The Labute approximate surface area is 160 Å². The average molecular weight is 384 g/mol. The highest BCUT2D eigenvalue weighted by molar-refractivity contribution is 7.13. The van der Waals surface area contributed by atoms with Gasteiger partial charge in [-0.15, -0.1) is 11.3 Å². The predicted molar refractivity (Wildman–Crippen MR) is 104 cm³/mol. The van der Waals surface area contributed by atoms with Crippen LogP contribution in [0.25, 0.3) is 11.4 Å². The van der Waals surface area contributed by atoms with Gasteiger partial charge in [-0.2, -0.15) is 5.10 Å². The van der Waals surface area contributed by atoms with Crippen LogP contribution in [0.2, 0.25) is 0 Å². The molecule has 0 atom stereocenters. The number of aryl methyl sites for hydroxylation is 1. The van der Waals surface area contributed by atoms with E-state index >= 15 is 0 Å². The number of aromatic nitrogens is 4. The predicted octanol–water partition coefficient (Wildman–Crippen LogP) is 3.01. The highest BCUT2D eigenvalue weighted by Crippen LogP contribution is 2.20. The molecule has 2 aromatic heterocycles. The number of H-pyrrole nitrogens is 1. The van der Waals surface area contributed by atoms with E-state index in [1.54, 1.807) is 11.4 Å². The second-order valence-electron chi connectivity index (χ2n) is 6.34. The Kier molecular flexibility index (Phi) is 5.60. The molecule has 0 aliphatic carbocycles. The summed E-state index contributed by atoms with van der Waals surface area (Å²) in [5, 5.41) is 14.8. The third-order valence-corrected chi connectivity index (χ3v) is 4.46. The zero-order valence-electron chi connectivity index (χ0n) is 15.2. The summed E-state index contributed by atoms with van der Waals surface area (Å²) in [4.78, 5) is 32.6. The molecule has 0 bridgehead atoms. The van der Waals surface area contributed by atoms with Crippen molar-refractivity contribution >= 4 is 34.0 Å². The highest BCUT2D eigenvalue weighted by Gasteiger charge is 2.12. The molecule has 2 heterocycles. The Bertz CT molecular complexity index is 962. The minimum absolute atomic E-state index is 0.0978. The van der Waals surface area contributed by atoms with Gasteiger partial charge in [0.2, 0.25) is 11.8 Å². The number of thiazole rings is 1. The highest BCUT2D eigenvalue weighted by atomic mass is 32.1. The summed E-state index contributed by atoms with van der Waals surface area (Å²) in [7, 11) is 0. The number of aromatic amines is 1. The smallest absolute Gasteiger partial charge is 0.230 e. The number of amides is 2. The zero-order chi connectivity index (χ0) is 19.4. The Balaban J connectivity index is 1.61. The third kappa shape index (κ3) is 4.98. The van der Waals surface area contributed by atoms with Crippen LogP contribution in [0, 0.1) is 12.8 Å². The third-order valence-electron chi connectivity index (χ3n) is 3.65. The number of hydrogen-bond acceptors (Lipinski definition) is 6. The molecule has 1 aromatic carbocycles. The fourth-order valence-electron chi connectivity index (χ4n) is 2.27. The van der Waals surface area contributed by atoms with E-state index in [2.05, 4.69) is 30.8 Å². The number of nitrogens with one attached hydrogen (secondary N) is 3. The molecule has 3 N–H and O–H groups in total. The molecular formula is C18H20N6O2S. The molecule has 140 valence electrons. The lowest BCUT2D eigenvalue weighted by Gasteiger charge is -2.05. The quantitative estimate of drug-likeness (QED) is 0.605. The van der Waals surface area contributed by atoms with Crippen LogP contribution in [-0.2, 0) is 16.0 Å². The first kappa shape index (κ1) is 18.7. The maximum atomic E-state index is 12.3. The van der Waals surface area contributed by atoms with Crippen molar-refractivity contribution in [3.63, 3.8) is 0 Å². The van der Waals surface area contributed by atoms with Gasteiger partial charge in [-0.25, -0.2) is 9.97 Å². The van der Waals surface area contributed by atoms with Gasteiger partial charge in [0, 0.05) is 22.5 Å². The summed E-state index contributed by atoms with van der Waals surface area (Å²) >= 11 is 1.30. The first-order valence-electron chi connectivity index (χ1n) is 8.45. The Morgan fingerprint density at radius 3 is 2.74 bits per heavy atom. The van der Waals surface area contributed by atoms with E-state index in [0.29, 0.717) is 22.3 Å². The summed E-state index contributed by atoms with van der Waals surface area (Å²) in [5.74, 6) is 0.891. The molecule has 9 heteroatoms. The molecule has 27 heavy (non-hydrogen) atoms. The van der Waals surface area contributed by atoms with Crippen molar-refractivity contribution in [3.05, 3.63) is 41.2 Å². The molecule has 0 aliphatic heterocycles. The fourth-order valence-corrected chi connectivity index (χ4v) is 2.99. The van der Waals surface area contributed by atoms with Gasteiger partial charge in [0.05, 0.1) is 12.1 Å². The van der Waals surface area contributed by atoms with E-state index in [1.165, 1.54) is 11.3 Å². The molecule has 3 aromatic rings. The average Bonchev–Trinajstić information content (AvgIpc) is 3.24. The van der Waals surface area contributed by atoms with Crippen molar-refractivity contribution in [1.29, 1.82) is 0 Å². The molecule has 0 fully saturated rings. The number of carbonyl (C=O) groups is 2. The van der Waals surface area contributed by atoms with E-state index in [4.69, 9.17) is 0 Å². The normalized spacial score (nSPS) is 10.8. The van der Waals surface area contributed by atoms with E-state index < -0.39 is 0 Å². The Morgan fingerprint density at radius 1 is 1.22 bits per heavy atom. The molecule has 3 rings (SSSR count). The first-order valence-corrected chi connectivity index (χ1v) is 9.33. The minimum Gasteiger partial charge on any atom is -0.326 e. The number of nitrogens with zero attached hydrogens (tertiary/aromatic N) is 3. The zero-order valence-corrected chi connectivity index (χ0v) is 16.1. The van der Waals surface area contributed by atoms with Crippen LogP contribution in [0.5, 0.6) is 0 Å². The Hall–Kier alpha value is -3.07. The van der Waals surface area contributed by atoms with E-state index in [0.717, 1.165) is 11.4 Å². The number of anilines is 2. The number of hydrogen-bond donors (Lipinski definition) is 3. The van der Waals surface area contributed by atoms with Crippen molar-refractivity contribution < 1.29 is 9.59 Å². The maximum Gasteiger partial charge on any atom is 0.230 e. The second kappa shape index (κ2) is 8.09. The topological polar surface area (TPSA) is 113 Å². The van der Waals surface area contributed by atoms with Crippen LogP contribution in [-0.4, -0.2) is 32.0 Å². The van der Waals surface area contributed by atoms with Crippen molar-refractivity contribution in [2.75, 3.05) is 10.6 Å². The molecule has 8 nitrogen and oxygen atoms in total. The lowest BCUT2D eigenvalue weighted by molar-refractivity contribution is -0.119. The standard InChI is InChI=1S/C18H20N6O2S/c1-10(2)17(26)22-18-21-14(9-27-18)8-15(25)20-13-6-4-5-12(7-13)16-19-11(3)23-24-16/h4-7,9-10H,8H2,1-3H3,(H,20,25)(H,19,23,24)(H,21,22,26).